The van der Waals surface area contributed by atoms with Gasteiger partial charge in [0.15, 0.2) is 0 Å². The Balaban J connectivity index is 0.00000242. The molecule has 9 heteroatoms. The van der Waals surface area contributed by atoms with Crippen molar-refractivity contribution in [3.63, 3.8) is 0 Å². The molecule has 4 nitrogen and oxygen atoms in total. The lowest BCUT2D eigenvalue weighted by molar-refractivity contribution is -0.275. The molecule has 0 amide bonds. The molecule has 2 N–H and O–H groups in total. The van der Waals surface area contributed by atoms with Crippen LogP contribution >= 0.6 is 24.8 Å². The molecule has 0 saturated carbocycles. The number of hydrogen-bond donors (Lipinski definition) is 1. The second-order valence-electron chi connectivity index (χ2n) is 4.96. The smallest absolute Gasteiger partial charge is 0.405 e. The minimum Gasteiger partial charge on any atom is -0.405 e. The number of alkyl halides is 3. The SMILES string of the molecule is Cl.Cl.NCCC1CN(Cc2ccccc2OC(F)(F)F)CCO1. The van der Waals surface area contributed by atoms with Gasteiger partial charge in [-0.05, 0) is 19.0 Å². The standard InChI is InChI=1S/C14H19F3N2O2.2ClH/c15-14(16,17)21-13-4-2-1-3-11(13)9-19-7-8-20-12(10-19)5-6-18;;/h1-4,12H,5-10,18H2;2*1H. The normalized spacial score (nSPS) is 18.7. The number of benzene rings is 1. The summed E-state index contributed by atoms with van der Waals surface area (Å²) in [5, 5.41) is 0. The maximum absolute atomic E-state index is 12.4. The molecule has 1 atom stereocenters. The van der Waals surface area contributed by atoms with E-state index < -0.39 is 6.36 Å². The van der Waals surface area contributed by atoms with E-state index in [4.69, 9.17) is 10.5 Å². The average Bonchev–Trinajstić information content (AvgIpc) is 2.40. The molecular weight excluding hydrogens is 356 g/mol. The molecule has 1 aliphatic rings. The first kappa shape index (κ1) is 22.3. The third-order valence-electron chi connectivity index (χ3n) is 3.30. The summed E-state index contributed by atoms with van der Waals surface area (Å²) in [7, 11) is 0. The number of nitrogens with two attached hydrogens (primary N) is 1. The molecule has 1 heterocycles. The number of rotatable bonds is 5. The second kappa shape index (κ2) is 10.2. The van der Waals surface area contributed by atoms with Gasteiger partial charge in [-0.1, -0.05) is 18.2 Å². The average molecular weight is 377 g/mol. The van der Waals surface area contributed by atoms with E-state index in [0.717, 1.165) is 6.42 Å². The van der Waals surface area contributed by atoms with Gasteiger partial charge in [-0.2, -0.15) is 0 Å². The van der Waals surface area contributed by atoms with E-state index in [9.17, 15) is 13.2 Å². The van der Waals surface area contributed by atoms with Gasteiger partial charge in [0.05, 0.1) is 12.7 Å². The number of para-hydroxylation sites is 1. The minimum absolute atomic E-state index is 0. The molecule has 23 heavy (non-hydrogen) atoms. The lowest BCUT2D eigenvalue weighted by atomic mass is 10.1. The Hall–Kier alpha value is -0.730. The van der Waals surface area contributed by atoms with Crippen LogP contribution in [-0.2, 0) is 11.3 Å². The Kier molecular flexibility index (Phi) is 9.88. The van der Waals surface area contributed by atoms with E-state index in [0.29, 0.717) is 38.3 Å². The predicted octanol–water partition coefficient (Wildman–Crippen LogP) is 2.98. The molecule has 1 aliphatic heterocycles. The van der Waals surface area contributed by atoms with Crippen LogP contribution in [0.3, 0.4) is 0 Å². The van der Waals surface area contributed by atoms with Gasteiger partial charge in [-0.25, -0.2) is 0 Å². The quantitative estimate of drug-likeness (QED) is 0.857. The van der Waals surface area contributed by atoms with Crippen LogP contribution in [0.1, 0.15) is 12.0 Å². The molecule has 1 aromatic rings. The van der Waals surface area contributed by atoms with Crippen molar-refractivity contribution in [2.24, 2.45) is 5.73 Å². The Morgan fingerprint density at radius 2 is 1.96 bits per heavy atom. The first-order valence-corrected chi connectivity index (χ1v) is 6.85. The van der Waals surface area contributed by atoms with Crippen molar-refractivity contribution in [3.05, 3.63) is 29.8 Å². The molecule has 0 bridgehead atoms. The molecule has 1 aromatic carbocycles. The maximum atomic E-state index is 12.4. The largest absolute Gasteiger partial charge is 0.573 e. The van der Waals surface area contributed by atoms with E-state index in [1.54, 1.807) is 12.1 Å². The van der Waals surface area contributed by atoms with E-state index in [1.165, 1.54) is 12.1 Å². The molecule has 1 saturated heterocycles. The van der Waals surface area contributed by atoms with Crippen LogP contribution in [0.15, 0.2) is 24.3 Å². The van der Waals surface area contributed by atoms with Crippen molar-refractivity contribution in [2.75, 3.05) is 26.2 Å². The van der Waals surface area contributed by atoms with Crippen LogP contribution in [0.5, 0.6) is 5.75 Å². The summed E-state index contributed by atoms with van der Waals surface area (Å²) >= 11 is 0. The van der Waals surface area contributed by atoms with Crippen molar-refractivity contribution in [2.45, 2.75) is 25.4 Å². The zero-order valence-corrected chi connectivity index (χ0v) is 14.1. The highest BCUT2D eigenvalue weighted by Gasteiger charge is 2.32. The number of morpholine rings is 1. The van der Waals surface area contributed by atoms with E-state index >= 15 is 0 Å². The highest BCUT2D eigenvalue weighted by molar-refractivity contribution is 5.85. The van der Waals surface area contributed by atoms with Gasteiger partial charge in [0.25, 0.3) is 0 Å². The highest BCUT2D eigenvalue weighted by Crippen LogP contribution is 2.27. The zero-order chi connectivity index (χ0) is 15.3. The summed E-state index contributed by atoms with van der Waals surface area (Å²) in [5.41, 5.74) is 6.02. The third-order valence-corrected chi connectivity index (χ3v) is 3.30. The Labute approximate surface area is 145 Å². The Bertz CT molecular complexity index is 462. The molecule has 2 rings (SSSR count). The van der Waals surface area contributed by atoms with E-state index in [2.05, 4.69) is 9.64 Å². The van der Waals surface area contributed by atoms with Crippen LogP contribution < -0.4 is 10.5 Å². The van der Waals surface area contributed by atoms with Crippen molar-refractivity contribution in [1.29, 1.82) is 0 Å². The number of nitrogens with zero attached hydrogens (tertiary/aromatic N) is 1. The first-order valence-electron chi connectivity index (χ1n) is 6.85. The third kappa shape index (κ3) is 7.58. The summed E-state index contributed by atoms with van der Waals surface area (Å²) in [6, 6.07) is 6.21. The van der Waals surface area contributed by atoms with Crippen LogP contribution in [0, 0.1) is 0 Å². The fourth-order valence-corrected chi connectivity index (χ4v) is 2.38. The lowest BCUT2D eigenvalue weighted by Crippen LogP contribution is -2.42. The van der Waals surface area contributed by atoms with Crippen molar-refractivity contribution in [3.8, 4) is 5.75 Å². The van der Waals surface area contributed by atoms with Gasteiger partial charge in [0.2, 0.25) is 0 Å². The zero-order valence-electron chi connectivity index (χ0n) is 12.4. The molecular formula is C14H21Cl2F3N2O2. The van der Waals surface area contributed by atoms with Gasteiger partial charge < -0.3 is 15.2 Å². The predicted molar refractivity (Wildman–Crippen MR) is 86.3 cm³/mol. The summed E-state index contributed by atoms with van der Waals surface area (Å²) in [4.78, 5) is 2.06. The highest BCUT2D eigenvalue weighted by atomic mass is 35.5. The van der Waals surface area contributed by atoms with Crippen LogP contribution in [0.2, 0.25) is 0 Å². The molecule has 1 fully saturated rings. The molecule has 0 aromatic heterocycles. The maximum Gasteiger partial charge on any atom is 0.573 e. The monoisotopic (exact) mass is 376 g/mol. The van der Waals surface area contributed by atoms with Crippen LogP contribution in [0.4, 0.5) is 13.2 Å². The summed E-state index contributed by atoms with van der Waals surface area (Å²) < 4.78 is 46.8. The molecule has 0 radical (unpaired) electrons. The second-order valence-corrected chi connectivity index (χ2v) is 4.96. The summed E-state index contributed by atoms with van der Waals surface area (Å²) in [6.45, 7) is 2.84. The van der Waals surface area contributed by atoms with Crippen LogP contribution in [0.25, 0.3) is 0 Å². The fourth-order valence-electron chi connectivity index (χ4n) is 2.38. The molecule has 134 valence electrons. The van der Waals surface area contributed by atoms with Crippen LogP contribution in [-0.4, -0.2) is 43.6 Å². The summed E-state index contributed by atoms with van der Waals surface area (Å²) in [6.07, 6.45) is -3.89. The van der Waals surface area contributed by atoms with Crippen molar-refractivity contribution in [1.82, 2.24) is 4.90 Å². The van der Waals surface area contributed by atoms with Gasteiger partial charge >= 0.3 is 6.36 Å². The minimum atomic E-state index is -4.68. The van der Waals surface area contributed by atoms with Gasteiger partial charge in [-0.3, -0.25) is 4.90 Å². The molecule has 0 spiro atoms. The van der Waals surface area contributed by atoms with Gasteiger partial charge in [0, 0.05) is 25.2 Å². The van der Waals surface area contributed by atoms with E-state index in [1.807, 2.05) is 0 Å². The van der Waals surface area contributed by atoms with Crippen molar-refractivity contribution < 1.29 is 22.6 Å². The van der Waals surface area contributed by atoms with Crippen molar-refractivity contribution >= 4 is 24.8 Å². The molecule has 0 aliphatic carbocycles. The Morgan fingerprint density at radius 1 is 1.26 bits per heavy atom. The van der Waals surface area contributed by atoms with Gasteiger partial charge in [-0.15, -0.1) is 38.0 Å². The Morgan fingerprint density at radius 3 is 2.61 bits per heavy atom. The summed E-state index contributed by atoms with van der Waals surface area (Å²) in [5.74, 6) is -0.146. The lowest BCUT2D eigenvalue weighted by Gasteiger charge is -2.33. The number of halogens is 5. The van der Waals surface area contributed by atoms with E-state index in [-0.39, 0.29) is 36.7 Å². The van der Waals surface area contributed by atoms with Gasteiger partial charge in [0.1, 0.15) is 5.75 Å². The number of ether oxygens (including phenoxy) is 2. The number of hydrogen-bond acceptors (Lipinski definition) is 4. The molecule has 1 unspecified atom stereocenters. The first-order chi connectivity index (χ1) is 9.98. The topological polar surface area (TPSA) is 47.7 Å². The fraction of sp³-hybridized carbons (Fsp3) is 0.571.